The summed E-state index contributed by atoms with van der Waals surface area (Å²) in [6.45, 7) is 2.91. The van der Waals surface area contributed by atoms with Gasteiger partial charge in [0.2, 0.25) is 5.28 Å². The summed E-state index contributed by atoms with van der Waals surface area (Å²) in [4.78, 5) is 29.4. The van der Waals surface area contributed by atoms with Crippen LogP contribution in [-0.2, 0) is 13.1 Å². The number of halogens is 2. The van der Waals surface area contributed by atoms with Crippen molar-refractivity contribution in [2.75, 3.05) is 0 Å². The van der Waals surface area contributed by atoms with Crippen LogP contribution in [0.3, 0.4) is 0 Å². The van der Waals surface area contributed by atoms with Crippen LogP contribution in [-0.4, -0.2) is 30.4 Å². The lowest BCUT2D eigenvalue weighted by Crippen LogP contribution is -2.54. The highest BCUT2D eigenvalue weighted by molar-refractivity contribution is 6.28. The number of benzene rings is 1. The molecule has 4 heterocycles. The van der Waals surface area contributed by atoms with Gasteiger partial charge in [-0.2, -0.15) is 15.0 Å². The standard InChI is InChI=1S/C20H17ClFN7O/c1-2-9-28-18(30)16-17(25-19(28)21)26-20(24-16)29-11-8-23-15(29)7-10-27(29)12-13-3-5-14(22)6-4-13/h3-8,10-11H,2,9,12H2,1H3/p+1. The molecule has 8 nitrogen and oxygen atoms in total. The Morgan fingerprint density at radius 2 is 2.03 bits per heavy atom. The van der Waals surface area contributed by atoms with Crippen LogP contribution in [0.4, 0.5) is 10.3 Å². The smallest absolute Gasteiger partial charge is 0.283 e. The minimum atomic E-state index is -0.286. The Kier molecular flexibility index (Phi) is 4.30. The maximum Gasteiger partial charge on any atom is 0.346 e. The second kappa shape index (κ2) is 6.89. The predicted molar refractivity (Wildman–Crippen MR) is 113 cm³/mol. The third kappa shape index (κ3) is 2.70. The van der Waals surface area contributed by atoms with Gasteiger partial charge in [0.05, 0.1) is 18.9 Å². The zero-order valence-corrected chi connectivity index (χ0v) is 16.8. The average molecular weight is 427 g/mol. The summed E-state index contributed by atoms with van der Waals surface area (Å²) < 4.78 is 14.8. The Balaban J connectivity index is 1.61. The van der Waals surface area contributed by atoms with Crippen molar-refractivity contribution in [2.24, 2.45) is 4.99 Å². The maximum absolute atomic E-state index is 13.3. The zero-order valence-electron chi connectivity index (χ0n) is 16.1. The fourth-order valence-corrected chi connectivity index (χ4v) is 4.01. The summed E-state index contributed by atoms with van der Waals surface area (Å²) in [5.41, 5.74) is 1.21. The predicted octanol–water partition coefficient (Wildman–Crippen LogP) is 3.46. The van der Waals surface area contributed by atoms with E-state index in [0.717, 1.165) is 17.8 Å². The molecule has 0 bridgehead atoms. The number of imidazole rings is 1. The first-order valence-electron chi connectivity index (χ1n) is 9.54. The number of aromatic amines is 1. The van der Waals surface area contributed by atoms with Crippen molar-refractivity contribution in [3.05, 3.63) is 76.0 Å². The number of rotatable bonds is 5. The highest BCUT2D eigenvalue weighted by atomic mass is 35.5. The van der Waals surface area contributed by atoms with Gasteiger partial charge in [0.15, 0.2) is 17.4 Å². The van der Waals surface area contributed by atoms with Gasteiger partial charge in [-0.05, 0) is 35.7 Å². The molecule has 152 valence electrons. The van der Waals surface area contributed by atoms with Gasteiger partial charge in [-0.3, -0.25) is 14.3 Å². The number of H-pyrrole nitrogens is 1. The molecule has 30 heavy (non-hydrogen) atoms. The normalized spacial score (nSPS) is 19.7. The number of hydrogen-bond donors (Lipinski definition) is 1. The molecule has 5 rings (SSSR count). The number of amidine groups is 1. The van der Waals surface area contributed by atoms with E-state index in [1.807, 2.05) is 30.4 Å². The fourth-order valence-electron chi connectivity index (χ4n) is 3.77. The van der Waals surface area contributed by atoms with Crippen LogP contribution < -0.4 is 10.2 Å². The Hall–Kier alpha value is -3.30. The van der Waals surface area contributed by atoms with E-state index in [-0.39, 0.29) is 26.9 Å². The van der Waals surface area contributed by atoms with Gasteiger partial charge in [0.25, 0.3) is 11.4 Å². The number of nitrogens with one attached hydrogen (secondary N) is 1. The first-order valence-corrected chi connectivity index (χ1v) is 9.92. The van der Waals surface area contributed by atoms with Gasteiger partial charge in [0, 0.05) is 12.6 Å². The van der Waals surface area contributed by atoms with Gasteiger partial charge >= 0.3 is 5.95 Å². The lowest BCUT2D eigenvalue weighted by molar-refractivity contribution is 0.161. The average Bonchev–Trinajstić information content (AvgIpc) is 3.41. The van der Waals surface area contributed by atoms with E-state index in [4.69, 9.17) is 11.6 Å². The molecule has 2 aromatic heterocycles. The number of quaternary nitrogens is 1. The minimum Gasteiger partial charge on any atom is -0.283 e. The molecule has 0 fully saturated rings. The SMILES string of the molecule is CCCn1c(Cl)nc2nc([N+]34C=CN=C3C=CN4Cc3ccc(F)cc3)[nH]c2c1=O. The van der Waals surface area contributed by atoms with Crippen LogP contribution in [0.25, 0.3) is 11.2 Å². The minimum absolute atomic E-state index is 0.0541. The molecule has 0 spiro atoms. The van der Waals surface area contributed by atoms with Crippen molar-refractivity contribution in [1.29, 1.82) is 0 Å². The second-order valence-electron chi connectivity index (χ2n) is 7.11. The van der Waals surface area contributed by atoms with E-state index < -0.39 is 0 Å². The van der Waals surface area contributed by atoms with Crippen LogP contribution in [0, 0.1) is 5.82 Å². The van der Waals surface area contributed by atoms with Crippen molar-refractivity contribution < 1.29 is 4.39 Å². The van der Waals surface area contributed by atoms with E-state index in [9.17, 15) is 9.18 Å². The first kappa shape index (κ1) is 18.7. The lowest BCUT2D eigenvalue weighted by Gasteiger charge is -2.32. The van der Waals surface area contributed by atoms with Crippen molar-refractivity contribution in [3.63, 3.8) is 0 Å². The summed E-state index contributed by atoms with van der Waals surface area (Å²) in [5.74, 6) is 0.905. The maximum atomic E-state index is 13.3. The third-order valence-electron chi connectivity index (χ3n) is 5.22. The van der Waals surface area contributed by atoms with Crippen molar-refractivity contribution in [3.8, 4) is 0 Å². The highest BCUT2D eigenvalue weighted by Gasteiger charge is 2.49. The molecular formula is C20H18ClFN7O+. The molecule has 2 aliphatic heterocycles. The van der Waals surface area contributed by atoms with Crippen LogP contribution in [0.15, 0.2) is 58.7 Å². The molecule has 1 unspecified atom stereocenters. The summed E-state index contributed by atoms with van der Waals surface area (Å²) in [6.07, 6.45) is 8.09. The van der Waals surface area contributed by atoms with E-state index in [1.165, 1.54) is 16.7 Å². The number of fused-ring (bicyclic) bond motifs is 2. The van der Waals surface area contributed by atoms with Crippen LogP contribution in [0.2, 0.25) is 5.28 Å². The van der Waals surface area contributed by atoms with Crippen LogP contribution in [0.5, 0.6) is 0 Å². The van der Waals surface area contributed by atoms with Crippen molar-refractivity contribution in [2.45, 2.75) is 26.4 Å². The quantitative estimate of drug-likeness (QED) is 0.500. The highest BCUT2D eigenvalue weighted by Crippen LogP contribution is 2.35. The molecule has 0 saturated carbocycles. The summed E-state index contributed by atoms with van der Waals surface area (Å²) in [7, 11) is 0. The molecular weight excluding hydrogens is 409 g/mol. The summed E-state index contributed by atoms with van der Waals surface area (Å²) in [6, 6.07) is 6.32. The Labute approximate surface area is 175 Å². The molecule has 3 aromatic rings. The second-order valence-corrected chi connectivity index (χ2v) is 7.45. The molecule has 2 aliphatic rings. The lowest BCUT2D eigenvalue weighted by atomic mass is 10.2. The molecule has 0 saturated heterocycles. The van der Waals surface area contributed by atoms with Crippen molar-refractivity contribution >= 4 is 34.5 Å². The largest absolute Gasteiger partial charge is 0.346 e. The fraction of sp³-hybridized carbons (Fsp3) is 0.200. The van der Waals surface area contributed by atoms with Gasteiger partial charge < -0.3 is 0 Å². The number of aliphatic imine (C=N–C) groups is 1. The number of aromatic nitrogens is 4. The van der Waals surface area contributed by atoms with Crippen molar-refractivity contribution in [1.82, 2.24) is 29.1 Å². The monoisotopic (exact) mass is 426 g/mol. The Bertz CT molecular complexity index is 1290. The van der Waals surface area contributed by atoms with Crippen LogP contribution >= 0.6 is 11.6 Å². The van der Waals surface area contributed by atoms with E-state index >= 15 is 0 Å². The Morgan fingerprint density at radius 3 is 2.80 bits per heavy atom. The molecule has 0 amide bonds. The summed E-state index contributed by atoms with van der Waals surface area (Å²) in [5, 5.41) is 2.10. The first-order chi connectivity index (χ1) is 14.5. The van der Waals surface area contributed by atoms with Gasteiger partial charge in [-0.25, -0.2) is 9.40 Å². The summed E-state index contributed by atoms with van der Waals surface area (Å²) >= 11 is 6.22. The molecule has 1 N–H and O–H groups in total. The molecule has 10 heteroatoms. The third-order valence-corrected chi connectivity index (χ3v) is 5.51. The zero-order chi connectivity index (χ0) is 20.9. The van der Waals surface area contributed by atoms with E-state index in [0.29, 0.717) is 24.6 Å². The molecule has 0 radical (unpaired) electrons. The van der Waals surface area contributed by atoms with Gasteiger partial charge in [-0.1, -0.05) is 23.6 Å². The van der Waals surface area contributed by atoms with Gasteiger partial charge in [0.1, 0.15) is 5.82 Å². The Morgan fingerprint density at radius 1 is 1.23 bits per heavy atom. The van der Waals surface area contributed by atoms with Gasteiger partial charge in [-0.15, -0.1) is 0 Å². The molecule has 0 aliphatic carbocycles. The number of nitrogens with zero attached hydrogens (tertiary/aromatic N) is 6. The molecule has 1 aromatic carbocycles. The van der Waals surface area contributed by atoms with E-state index in [2.05, 4.69) is 19.9 Å². The molecule has 1 atom stereocenters. The number of hydrogen-bond acceptors (Lipinski definition) is 5. The topological polar surface area (TPSA) is 79.2 Å². The van der Waals surface area contributed by atoms with Crippen LogP contribution in [0.1, 0.15) is 18.9 Å². The van der Waals surface area contributed by atoms with E-state index in [1.54, 1.807) is 18.3 Å².